The molecule has 1 saturated carbocycles. The molecule has 1 aliphatic rings. The largest absolute Gasteiger partial charge is 0.393 e. The minimum absolute atomic E-state index is 0.0297. The van der Waals surface area contributed by atoms with Crippen molar-refractivity contribution in [1.82, 2.24) is 20.1 Å². The Balaban J connectivity index is 1.88. The van der Waals surface area contributed by atoms with Gasteiger partial charge in [0.25, 0.3) is 5.91 Å². The molecule has 0 bridgehead atoms. The lowest BCUT2D eigenvalue weighted by Crippen LogP contribution is -2.31. The maximum atomic E-state index is 11.7. The highest BCUT2D eigenvalue weighted by Crippen LogP contribution is 2.37. The van der Waals surface area contributed by atoms with Gasteiger partial charge in [-0.25, -0.2) is 0 Å². The standard InChI is InChI=1S/C16H24N4O2/c1-16(2,3)6-5-14(22)17-9-12-7-11(8-13(12)21)15-19-18-10-20(15)4/h10-13,21H,7-9H2,1-4H3,(H,17,22)/t11-,12+,13+/m0/s1. The zero-order valence-corrected chi connectivity index (χ0v) is 13.6. The summed E-state index contributed by atoms with van der Waals surface area (Å²) in [7, 11) is 1.90. The quantitative estimate of drug-likeness (QED) is 0.811. The van der Waals surface area contributed by atoms with E-state index in [1.54, 1.807) is 6.33 Å². The number of nitrogens with one attached hydrogen (secondary N) is 1. The summed E-state index contributed by atoms with van der Waals surface area (Å²) < 4.78 is 1.88. The van der Waals surface area contributed by atoms with Crippen LogP contribution in [0.25, 0.3) is 0 Å². The first kappa shape index (κ1) is 16.5. The minimum Gasteiger partial charge on any atom is -0.393 e. The molecule has 1 amide bonds. The number of aryl methyl sites for hydroxylation is 1. The molecule has 2 N–H and O–H groups in total. The fourth-order valence-corrected chi connectivity index (χ4v) is 2.71. The van der Waals surface area contributed by atoms with Crippen LogP contribution in [0.2, 0.25) is 0 Å². The molecular weight excluding hydrogens is 280 g/mol. The van der Waals surface area contributed by atoms with Gasteiger partial charge in [0.15, 0.2) is 0 Å². The fourth-order valence-electron chi connectivity index (χ4n) is 2.71. The van der Waals surface area contributed by atoms with E-state index >= 15 is 0 Å². The predicted octanol–water partition coefficient (Wildman–Crippen LogP) is 0.835. The van der Waals surface area contributed by atoms with Crippen LogP contribution in [0.15, 0.2) is 6.33 Å². The number of hydrogen-bond donors (Lipinski definition) is 2. The van der Waals surface area contributed by atoms with E-state index in [1.165, 1.54) is 0 Å². The van der Waals surface area contributed by atoms with E-state index in [-0.39, 0.29) is 23.2 Å². The Morgan fingerprint density at radius 3 is 2.82 bits per heavy atom. The Morgan fingerprint density at radius 2 is 2.23 bits per heavy atom. The van der Waals surface area contributed by atoms with Gasteiger partial charge in [-0.3, -0.25) is 4.79 Å². The van der Waals surface area contributed by atoms with Crippen LogP contribution in [0, 0.1) is 23.2 Å². The number of hydrogen-bond acceptors (Lipinski definition) is 4. The second-order valence-electron chi connectivity index (χ2n) is 7.01. The minimum atomic E-state index is -0.433. The first-order valence-corrected chi connectivity index (χ1v) is 7.59. The third-order valence-corrected chi connectivity index (χ3v) is 3.84. The predicted molar refractivity (Wildman–Crippen MR) is 82.7 cm³/mol. The Bertz CT molecular complexity index is 591. The van der Waals surface area contributed by atoms with Crippen LogP contribution in [-0.4, -0.2) is 38.4 Å². The summed E-state index contributed by atoms with van der Waals surface area (Å²) in [5, 5.41) is 21.0. The molecule has 1 aliphatic carbocycles. The Kier molecular flexibility index (Phi) is 4.87. The second kappa shape index (κ2) is 6.49. The monoisotopic (exact) mass is 304 g/mol. The van der Waals surface area contributed by atoms with Crippen LogP contribution in [0.3, 0.4) is 0 Å². The summed E-state index contributed by atoms with van der Waals surface area (Å²) in [6.45, 7) is 6.31. The fraction of sp³-hybridized carbons (Fsp3) is 0.688. The van der Waals surface area contributed by atoms with Gasteiger partial charge in [0.05, 0.1) is 6.10 Å². The molecule has 6 heteroatoms. The van der Waals surface area contributed by atoms with Gasteiger partial charge in [-0.1, -0.05) is 5.92 Å². The lowest BCUT2D eigenvalue weighted by molar-refractivity contribution is -0.116. The summed E-state index contributed by atoms with van der Waals surface area (Å²) >= 11 is 0. The highest BCUT2D eigenvalue weighted by Gasteiger charge is 2.35. The average Bonchev–Trinajstić information content (AvgIpc) is 2.99. The molecule has 1 heterocycles. The zero-order chi connectivity index (χ0) is 16.3. The van der Waals surface area contributed by atoms with Crippen molar-refractivity contribution in [3.63, 3.8) is 0 Å². The summed E-state index contributed by atoms with van der Waals surface area (Å²) in [6.07, 6.45) is 2.68. The molecule has 0 spiro atoms. The second-order valence-corrected chi connectivity index (χ2v) is 7.01. The molecule has 120 valence electrons. The number of aliphatic hydroxyl groups is 1. The molecule has 1 fully saturated rings. The van der Waals surface area contributed by atoms with Crippen molar-refractivity contribution in [3.8, 4) is 11.8 Å². The summed E-state index contributed by atoms with van der Waals surface area (Å²) in [5.41, 5.74) is -0.194. The lowest BCUT2D eigenvalue weighted by Gasteiger charge is -2.14. The number of aliphatic hydroxyl groups excluding tert-OH is 1. The van der Waals surface area contributed by atoms with Crippen molar-refractivity contribution < 1.29 is 9.90 Å². The number of nitrogens with zero attached hydrogens (tertiary/aromatic N) is 3. The van der Waals surface area contributed by atoms with Crippen molar-refractivity contribution in [2.24, 2.45) is 18.4 Å². The first-order chi connectivity index (χ1) is 10.3. The Morgan fingerprint density at radius 1 is 1.50 bits per heavy atom. The van der Waals surface area contributed by atoms with Gasteiger partial charge in [0.2, 0.25) is 0 Å². The van der Waals surface area contributed by atoms with Gasteiger partial charge < -0.3 is 15.0 Å². The molecule has 1 aromatic rings. The van der Waals surface area contributed by atoms with E-state index in [0.717, 1.165) is 12.2 Å². The third-order valence-electron chi connectivity index (χ3n) is 3.84. The highest BCUT2D eigenvalue weighted by molar-refractivity contribution is 5.93. The molecular formula is C16H24N4O2. The zero-order valence-electron chi connectivity index (χ0n) is 13.6. The van der Waals surface area contributed by atoms with E-state index < -0.39 is 6.10 Å². The maximum Gasteiger partial charge on any atom is 0.295 e. The smallest absolute Gasteiger partial charge is 0.295 e. The van der Waals surface area contributed by atoms with E-state index in [4.69, 9.17) is 0 Å². The molecule has 6 nitrogen and oxygen atoms in total. The summed E-state index contributed by atoms with van der Waals surface area (Å²) in [6, 6.07) is 0. The van der Waals surface area contributed by atoms with Crippen LogP contribution in [-0.2, 0) is 11.8 Å². The summed E-state index contributed by atoms with van der Waals surface area (Å²) in [5.74, 6) is 6.32. The molecule has 1 aromatic heterocycles. The number of carbonyl (C=O) groups is 1. The molecule has 22 heavy (non-hydrogen) atoms. The lowest BCUT2D eigenvalue weighted by atomic mass is 9.98. The van der Waals surface area contributed by atoms with E-state index in [2.05, 4.69) is 27.4 Å². The van der Waals surface area contributed by atoms with Crippen molar-refractivity contribution >= 4 is 5.91 Å². The number of rotatable bonds is 3. The summed E-state index contributed by atoms with van der Waals surface area (Å²) in [4.78, 5) is 11.7. The molecule has 0 unspecified atom stereocenters. The number of carbonyl (C=O) groups excluding carboxylic acids is 1. The topological polar surface area (TPSA) is 80.0 Å². The molecule has 0 saturated heterocycles. The van der Waals surface area contributed by atoms with E-state index in [0.29, 0.717) is 13.0 Å². The van der Waals surface area contributed by atoms with Gasteiger partial charge >= 0.3 is 0 Å². The molecule has 2 rings (SSSR count). The van der Waals surface area contributed by atoms with Crippen molar-refractivity contribution in [2.45, 2.75) is 45.6 Å². The van der Waals surface area contributed by atoms with Gasteiger partial charge in [-0.2, -0.15) is 0 Å². The van der Waals surface area contributed by atoms with Crippen molar-refractivity contribution in [3.05, 3.63) is 12.2 Å². The van der Waals surface area contributed by atoms with Gasteiger partial charge in [-0.05, 0) is 39.5 Å². The number of aromatic nitrogens is 3. The number of amides is 1. The van der Waals surface area contributed by atoms with Crippen LogP contribution >= 0.6 is 0 Å². The molecule has 3 atom stereocenters. The first-order valence-electron chi connectivity index (χ1n) is 7.59. The Hall–Kier alpha value is -1.87. The van der Waals surface area contributed by atoms with Gasteiger partial charge in [0, 0.05) is 30.8 Å². The van der Waals surface area contributed by atoms with Crippen LogP contribution in [0.4, 0.5) is 0 Å². The highest BCUT2D eigenvalue weighted by atomic mass is 16.3. The Labute approximate surface area is 131 Å². The van der Waals surface area contributed by atoms with Crippen molar-refractivity contribution in [2.75, 3.05) is 6.54 Å². The van der Waals surface area contributed by atoms with Crippen LogP contribution < -0.4 is 5.32 Å². The van der Waals surface area contributed by atoms with E-state index in [1.807, 2.05) is 32.4 Å². The van der Waals surface area contributed by atoms with Crippen LogP contribution in [0.1, 0.15) is 45.4 Å². The average molecular weight is 304 g/mol. The van der Waals surface area contributed by atoms with Gasteiger partial charge in [0.1, 0.15) is 12.2 Å². The maximum absolute atomic E-state index is 11.7. The van der Waals surface area contributed by atoms with E-state index in [9.17, 15) is 9.90 Å². The molecule has 0 aromatic carbocycles. The SMILES string of the molecule is Cn1cnnc1[C@H]1C[C@H](CNC(=O)C#CC(C)(C)C)[C@H](O)C1. The van der Waals surface area contributed by atoms with Crippen molar-refractivity contribution in [1.29, 1.82) is 0 Å². The molecule has 0 aliphatic heterocycles. The van der Waals surface area contributed by atoms with Gasteiger partial charge in [-0.15, -0.1) is 10.2 Å². The molecule has 0 radical (unpaired) electrons. The third kappa shape index (κ3) is 4.31. The normalized spacial score (nSPS) is 24.7. The van der Waals surface area contributed by atoms with Crippen LogP contribution in [0.5, 0.6) is 0 Å².